The Labute approximate surface area is 227 Å². The van der Waals surface area contributed by atoms with E-state index in [0.29, 0.717) is 54.7 Å². The SMILES string of the molecule is Cc1ccc(C(=O)N(CCCN)CC2(c3nn4c(Cl)ccc4c(=O)n3Cc3ccccc3)CC2)cc1.Cl. The summed E-state index contributed by atoms with van der Waals surface area (Å²) < 4.78 is 3.28. The number of aryl methyl sites for hydroxylation is 1. The molecule has 2 heterocycles. The molecule has 9 heteroatoms. The Kier molecular flexibility index (Phi) is 8.07. The van der Waals surface area contributed by atoms with Crippen LogP contribution in [-0.4, -0.2) is 44.6 Å². The molecule has 0 bridgehead atoms. The monoisotopic (exact) mass is 539 g/mol. The number of benzene rings is 2. The number of fused-ring (bicyclic) bond motifs is 1. The lowest BCUT2D eigenvalue weighted by Gasteiger charge is -2.29. The molecule has 2 N–H and O–H groups in total. The van der Waals surface area contributed by atoms with Crippen molar-refractivity contribution in [2.45, 2.75) is 38.1 Å². The molecule has 1 amide bonds. The standard InChI is InChI=1S/C28H30ClN5O2.ClH/c1-20-8-10-22(11-9-20)25(35)32(17-5-16-30)19-28(14-15-28)27-31-34-23(12-13-24(34)29)26(36)33(27)18-21-6-3-2-4-7-21;/h2-4,6-13H,5,14-19,30H2,1H3;1H. The van der Waals surface area contributed by atoms with Gasteiger partial charge in [-0.25, -0.2) is 4.52 Å². The molecule has 2 aromatic heterocycles. The van der Waals surface area contributed by atoms with E-state index in [9.17, 15) is 9.59 Å². The van der Waals surface area contributed by atoms with Gasteiger partial charge in [-0.05, 0) is 62.6 Å². The number of amides is 1. The van der Waals surface area contributed by atoms with Crippen LogP contribution in [0.1, 0.15) is 46.6 Å². The zero-order valence-corrected chi connectivity index (χ0v) is 22.3. The molecule has 0 spiro atoms. The lowest BCUT2D eigenvalue weighted by atomic mass is 10.0. The lowest BCUT2D eigenvalue weighted by molar-refractivity contribution is 0.0735. The minimum Gasteiger partial charge on any atom is -0.338 e. The average molecular weight is 540 g/mol. The van der Waals surface area contributed by atoms with E-state index < -0.39 is 5.41 Å². The number of nitrogens with two attached hydrogens (primary N) is 1. The van der Waals surface area contributed by atoms with Gasteiger partial charge in [-0.15, -0.1) is 12.4 Å². The molecule has 0 saturated heterocycles. The van der Waals surface area contributed by atoms with Gasteiger partial charge in [0.05, 0.1) is 6.54 Å². The van der Waals surface area contributed by atoms with Gasteiger partial charge < -0.3 is 10.6 Å². The maximum atomic E-state index is 13.6. The van der Waals surface area contributed by atoms with Crippen molar-refractivity contribution >= 4 is 35.4 Å². The maximum Gasteiger partial charge on any atom is 0.278 e. The number of hydrogen-bond donors (Lipinski definition) is 1. The van der Waals surface area contributed by atoms with E-state index in [-0.39, 0.29) is 23.9 Å². The van der Waals surface area contributed by atoms with Gasteiger partial charge in [0.15, 0.2) is 0 Å². The van der Waals surface area contributed by atoms with Crippen LogP contribution in [0, 0.1) is 6.92 Å². The van der Waals surface area contributed by atoms with Crippen LogP contribution >= 0.6 is 24.0 Å². The van der Waals surface area contributed by atoms with Gasteiger partial charge in [-0.3, -0.25) is 14.2 Å². The highest BCUT2D eigenvalue weighted by atomic mass is 35.5. The van der Waals surface area contributed by atoms with Gasteiger partial charge in [0.1, 0.15) is 16.5 Å². The van der Waals surface area contributed by atoms with E-state index in [4.69, 9.17) is 22.4 Å². The Morgan fingerprint density at radius 2 is 1.78 bits per heavy atom. The molecule has 5 rings (SSSR count). The molecule has 4 aromatic rings. The second-order valence-corrected chi connectivity index (χ2v) is 10.1. The average Bonchev–Trinajstić information content (AvgIpc) is 3.58. The summed E-state index contributed by atoms with van der Waals surface area (Å²) in [6.45, 7) is 3.90. The van der Waals surface area contributed by atoms with E-state index in [1.54, 1.807) is 16.7 Å². The van der Waals surface area contributed by atoms with Crippen molar-refractivity contribution in [3.8, 4) is 0 Å². The van der Waals surface area contributed by atoms with Crippen LogP contribution in [0.2, 0.25) is 5.15 Å². The third-order valence-electron chi connectivity index (χ3n) is 6.95. The lowest BCUT2D eigenvalue weighted by Crippen LogP contribution is -2.42. The van der Waals surface area contributed by atoms with Gasteiger partial charge in [-0.2, -0.15) is 5.10 Å². The van der Waals surface area contributed by atoms with Crippen LogP contribution in [0.15, 0.2) is 71.5 Å². The largest absolute Gasteiger partial charge is 0.338 e. The molecule has 1 saturated carbocycles. The molecule has 37 heavy (non-hydrogen) atoms. The highest BCUT2D eigenvalue weighted by molar-refractivity contribution is 6.29. The summed E-state index contributed by atoms with van der Waals surface area (Å²) >= 11 is 6.39. The Morgan fingerprint density at radius 3 is 2.43 bits per heavy atom. The smallest absolute Gasteiger partial charge is 0.278 e. The fourth-order valence-electron chi connectivity index (χ4n) is 4.74. The first-order chi connectivity index (χ1) is 17.4. The maximum absolute atomic E-state index is 13.6. The van der Waals surface area contributed by atoms with Crippen molar-refractivity contribution in [3.63, 3.8) is 0 Å². The van der Waals surface area contributed by atoms with E-state index in [0.717, 1.165) is 24.0 Å². The predicted octanol–water partition coefficient (Wildman–Crippen LogP) is 4.45. The number of nitrogens with zero attached hydrogens (tertiary/aromatic N) is 4. The Balaban J connectivity index is 0.00000320. The summed E-state index contributed by atoms with van der Waals surface area (Å²) in [6, 6.07) is 20.9. The first-order valence-electron chi connectivity index (χ1n) is 12.3. The number of carbonyl (C=O) groups is 1. The second kappa shape index (κ2) is 11.1. The number of halogens is 2. The quantitative estimate of drug-likeness (QED) is 0.340. The molecule has 1 fully saturated rings. The molecular weight excluding hydrogens is 509 g/mol. The molecule has 1 aliphatic carbocycles. The Morgan fingerprint density at radius 1 is 1.08 bits per heavy atom. The summed E-state index contributed by atoms with van der Waals surface area (Å²) in [7, 11) is 0. The van der Waals surface area contributed by atoms with Gasteiger partial charge in [0.25, 0.3) is 11.5 Å². The van der Waals surface area contributed by atoms with Crippen molar-refractivity contribution in [2.75, 3.05) is 19.6 Å². The van der Waals surface area contributed by atoms with Crippen LogP contribution in [0.25, 0.3) is 5.52 Å². The van der Waals surface area contributed by atoms with E-state index in [2.05, 4.69) is 0 Å². The van der Waals surface area contributed by atoms with E-state index in [1.165, 1.54) is 4.52 Å². The second-order valence-electron chi connectivity index (χ2n) is 9.67. The minimum atomic E-state index is -0.426. The fourth-order valence-corrected chi connectivity index (χ4v) is 4.93. The van der Waals surface area contributed by atoms with Crippen molar-refractivity contribution in [2.24, 2.45) is 5.73 Å². The molecule has 1 aliphatic rings. The summed E-state index contributed by atoms with van der Waals surface area (Å²) in [5.74, 6) is 0.628. The summed E-state index contributed by atoms with van der Waals surface area (Å²) in [4.78, 5) is 29.0. The third-order valence-corrected chi connectivity index (χ3v) is 7.23. The van der Waals surface area contributed by atoms with Gasteiger partial charge >= 0.3 is 0 Å². The molecule has 2 aromatic carbocycles. The van der Waals surface area contributed by atoms with E-state index in [1.807, 2.05) is 66.4 Å². The molecule has 194 valence electrons. The summed E-state index contributed by atoms with van der Waals surface area (Å²) in [5, 5.41) is 5.28. The normalized spacial score (nSPS) is 13.8. The number of hydrogen-bond acceptors (Lipinski definition) is 4. The van der Waals surface area contributed by atoms with E-state index >= 15 is 0 Å². The van der Waals surface area contributed by atoms with Crippen LogP contribution < -0.4 is 11.3 Å². The summed E-state index contributed by atoms with van der Waals surface area (Å²) in [6.07, 6.45) is 2.36. The van der Waals surface area contributed by atoms with Crippen LogP contribution in [-0.2, 0) is 12.0 Å². The van der Waals surface area contributed by atoms with Crippen LogP contribution in [0.4, 0.5) is 0 Å². The van der Waals surface area contributed by atoms with Crippen LogP contribution in [0.3, 0.4) is 0 Å². The van der Waals surface area contributed by atoms with Gasteiger partial charge in [0.2, 0.25) is 0 Å². The molecule has 7 nitrogen and oxygen atoms in total. The molecule has 0 radical (unpaired) electrons. The molecule has 0 aliphatic heterocycles. The highest BCUT2D eigenvalue weighted by Gasteiger charge is 2.50. The molecular formula is C28H31Cl2N5O2. The van der Waals surface area contributed by atoms with Crippen molar-refractivity contribution in [1.29, 1.82) is 0 Å². The molecule has 0 unspecified atom stereocenters. The van der Waals surface area contributed by atoms with Crippen molar-refractivity contribution in [1.82, 2.24) is 19.1 Å². The highest BCUT2D eigenvalue weighted by Crippen LogP contribution is 2.48. The zero-order valence-electron chi connectivity index (χ0n) is 20.8. The van der Waals surface area contributed by atoms with Crippen LogP contribution in [0.5, 0.6) is 0 Å². The summed E-state index contributed by atoms with van der Waals surface area (Å²) in [5.41, 5.74) is 8.44. The first kappa shape index (κ1) is 26.9. The first-order valence-corrected chi connectivity index (χ1v) is 12.7. The number of rotatable bonds is 9. The molecule has 0 atom stereocenters. The van der Waals surface area contributed by atoms with Gasteiger partial charge in [0, 0.05) is 24.1 Å². The Hall–Kier alpha value is -3.13. The number of carbonyl (C=O) groups excluding carboxylic acids is 1. The fraction of sp³-hybridized carbons (Fsp3) is 0.321. The number of aromatic nitrogens is 3. The predicted molar refractivity (Wildman–Crippen MR) is 149 cm³/mol. The Bertz CT molecular complexity index is 1440. The minimum absolute atomic E-state index is 0. The van der Waals surface area contributed by atoms with Crippen molar-refractivity contribution < 1.29 is 4.79 Å². The van der Waals surface area contributed by atoms with Crippen molar-refractivity contribution in [3.05, 3.63) is 105 Å². The topological polar surface area (TPSA) is 85.6 Å². The third kappa shape index (κ3) is 5.44. The zero-order chi connectivity index (χ0) is 25.3. The van der Waals surface area contributed by atoms with Gasteiger partial charge in [-0.1, -0.05) is 59.6 Å².